The van der Waals surface area contributed by atoms with E-state index in [9.17, 15) is 4.57 Å². The zero-order valence-corrected chi connectivity index (χ0v) is 14.1. The maximum atomic E-state index is 10.5. The lowest BCUT2D eigenvalue weighted by molar-refractivity contribution is -0.0363. The number of rotatable bonds is 12. The van der Waals surface area contributed by atoms with Gasteiger partial charge in [-0.15, -0.1) is 0 Å². The van der Waals surface area contributed by atoms with Crippen LogP contribution in [0, 0.1) is 0 Å². The summed E-state index contributed by atoms with van der Waals surface area (Å²) in [6, 6.07) is 0. The van der Waals surface area contributed by atoms with Gasteiger partial charge in [-0.2, -0.15) is 0 Å². The van der Waals surface area contributed by atoms with Gasteiger partial charge >= 0.3 is 8.69 Å². The van der Waals surface area contributed by atoms with Gasteiger partial charge in [0.2, 0.25) is 0 Å². The minimum atomic E-state index is -0.287. The van der Waals surface area contributed by atoms with Crippen molar-refractivity contribution in [3.63, 3.8) is 0 Å². The summed E-state index contributed by atoms with van der Waals surface area (Å²) in [5, 5.41) is 0. The van der Waals surface area contributed by atoms with Crippen molar-refractivity contribution in [2.45, 2.75) is 12.2 Å². The standard InChI is InChI=1S/C11H21O6PS2/c1-13-2-3-14-4-5-15-6-7-16-10-8-19-20-9-11(10)17-18-12/h10-11H,2-9H2,1H3/t10-,11-/m0/s1. The largest absolute Gasteiger partial charge is 0.382 e. The SMILES string of the molecule is COCCOCCOCCO[C@H]1CSSC[C@@H]1OP=O. The number of hydrogen-bond donors (Lipinski definition) is 0. The van der Waals surface area contributed by atoms with Gasteiger partial charge < -0.3 is 18.9 Å². The molecule has 0 spiro atoms. The highest BCUT2D eigenvalue weighted by molar-refractivity contribution is 8.76. The Morgan fingerprint density at radius 3 is 2.20 bits per heavy atom. The fourth-order valence-electron chi connectivity index (χ4n) is 1.48. The van der Waals surface area contributed by atoms with Gasteiger partial charge in [-0.1, -0.05) is 21.6 Å². The van der Waals surface area contributed by atoms with Gasteiger partial charge in [0.05, 0.1) is 45.7 Å². The zero-order valence-electron chi connectivity index (χ0n) is 11.5. The molecule has 1 aliphatic heterocycles. The van der Waals surface area contributed by atoms with E-state index in [2.05, 4.69) is 0 Å². The second kappa shape index (κ2) is 13.3. The Balaban J connectivity index is 1.95. The molecule has 1 fully saturated rings. The van der Waals surface area contributed by atoms with Gasteiger partial charge in [0.25, 0.3) is 0 Å². The summed E-state index contributed by atoms with van der Waals surface area (Å²) < 4.78 is 36.8. The van der Waals surface area contributed by atoms with E-state index in [0.717, 1.165) is 11.5 Å². The lowest BCUT2D eigenvalue weighted by atomic mass is 10.2. The van der Waals surface area contributed by atoms with Crippen LogP contribution in [0.25, 0.3) is 0 Å². The Hall–Kier alpha value is 0.600. The quantitative estimate of drug-likeness (QED) is 0.303. The molecule has 9 heteroatoms. The summed E-state index contributed by atoms with van der Waals surface area (Å²) >= 11 is 0. The van der Waals surface area contributed by atoms with Crippen LogP contribution in [0.3, 0.4) is 0 Å². The van der Waals surface area contributed by atoms with E-state index in [1.807, 2.05) is 0 Å². The minimum Gasteiger partial charge on any atom is -0.382 e. The van der Waals surface area contributed by atoms with Crippen LogP contribution in [0.1, 0.15) is 0 Å². The molecule has 6 nitrogen and oxygen atoms in total. The smallest absolute Gasteiger partial charge is 0.327 e. The number of methoxy groups -OCH3 is 1. The predicted molar refractivity (Wildman–Crippen MR) is 80.6 cm³/mol. The zero-order chi connectivity index (χ0) is 14.5. The Bertz CT molecular complexity index is 249. The summed E-state index contributed by atoms with van der Waals surface area (Å²) in [7, 11) is 4.81. The molecule has 0 N–H and O–H groups in total. The summed E-state index contributed by atoms with van der Waals surface area (Å²) in [6.45, 7) is 3.30. The van der Waals surface area contributed by atoms with E-state index in [-0.39, 0.29) is 20.9 Å². The van der Waals surface area contributed by atoms with Crippen LogP contribution in [0.2, 0.25) is 0 Å². The van der Waals surface area contributed by atoms with E-state index in [0.29, 0.717) is 39.6 Å². The molecule has 1 saturated heterocycles. The molecule has 118 valence electrons. The summed E-state index contributed by atoms with van der Waals surface area (Å²) in [5.74, 6) is 1.63. The van der Waals surface area contributed by atoms with Crippen LogP contribution >= 0.6 is 30.3 Å². The molecule has 0 amide bonds. The summed E-state index contributed by atoms with van der Waals surface area (Å²) in [4.78, 5) is 0. The first-order valence-electron chi connectivity index (χ1n) is 6.37. The monoisotopic (exact) mass is 344 g/mol. The summed E-state index contributed by atoms with van der Waals surface area (Å²) in [5.41, 5.74) is 0. The molecule has 0 unspecified atom stereocenters. The average molecular weight is 344 g/mol. The molecule has 0 bridgehead atoms. The second-order valence-electron chi connectivity index (χ2n) is 3.91. The lowest BCUT2D eigenvalue weighted by Crippen LogP contribution is -2.36. The van der Waals surface area contributed by atoms with Gasteiger partial charge in [-0.3, -0.25) is 4.52 Å². The van der Waals surface area contributed by atoms with Crippen molar-refractivity contribution in [3.8, 4) is 0 Å². The van der Waals surface area contributed by atoms with E-state index in [1.54, 1.807) is 28.7 Å². The molecule has 0 aromatic carbocycles. The lowest BCUT2D eigenvalue weighted by Gasteiger charge is -2.28. The van der Waals surface area contributed by atoms with Gasteiger partial charge in [0, 0.05) is 18.6 Å². The van der Waals surface area contributed by atoms with Crippen LogP contribution < -0.4 is 0 Å². The van der Waals surface area contributed by atoms with Crippen molar-refractivity contribution in [2.75, 3.05) is 58.3 Å². The molecule has 0 aliphatic carbocycles. The highest BCUT2D eigenvalue weighted by atomic mass is 33.1. The highest BCUT2D eigenvalue weighted by Crippen LogP contribution is 2.33. The number of hydrogen-bond acceptors (Lipinski definition) is 8. The molecule has 0 saturated carbocycles. The first-order chi connectivity index (χ1) is 9.88. The van der Waals surface area contributed by atoms with Gasteiger partial charge in [0.1, 0.15) is 6.10 Å². The third-order valence-corrected chi connectivity index (χ3v) is 5.27. The van der Waals surface area contributed by atoms with Gasteiger partial charge in [0.15, 0.2) is 0 Å². The summed E-state index contributed by atoms with van der Waals surface area (Å²) in [6.07, 6.45) is -0.137. The second-order valence-corrected chi connectivity index (χ2v) is 6.83. The first-order valence-corrected chi connectivity index (χ1v) is 9.59. The molecule has 1 aliphatic rings. The van der Waals surface area contributed by atoms with Gasteiger partial charge in [-0.05, 0) is 0 Å². The molecule has 0 radical (unpaired) electrons. The van der Waals surface area contributed by atoms with Crippen LogP contribution in [-0.4, -0.2) is 70.5 Å². The molecule has 0 aromatic rings. The maximum absolute atomic E-state index is 10.5. The van der Waals surface area contributed by atoms with Crippen molar-refractivity contribution in [1.29, 1.82) is 0 Å². The maximum Gasteiger partial charge on any atom is 0.327 e. The van der Waals surface area contributed by atoms with Crippen molar-refractivity contribution >= 4 is 30.3 Å². The van der Waals surface area contributed by atoms with Crippen molar-refractivity contribution in [2.24, 2.45) is 0 Å². The Labute approximate surface area is 129 Å². The fourth-order valence-corrected chi connectivity index (χ4v) is 4.33. The fraction of sp³-hybridized carbons (Fsp3) is 1.00. The van der Waals surface area contributed by atoms with Crippen molar-refractivity contribution in [3.05, 3.63) is 0 Å². The first kappa shape index (κ1) is 18.6. The average Bonchev–Trinajstić information content (AvgIpc) is 2.47. The third kappa shape index (κ3) is 8.79. The Morgan fingerprint density at radius 2 is 1.55 bits per heavy atom. The van der Waals surface area contributed by atoms with E-state index >= 15 is 0 Å². The molecule has 0 aromatic heterocycles. The Morgan fingerprint density at radius 1 is 0.950 bits per heavy atom. The third-order valence-electron chi connectivity index (χ3n) is 2.50. The van der Waals surface area contributed by atoms with E-state index in [1.165, 1.54) is 0 Å². The van der Waals surface area contributed by atoms with Crippen molar-refractivity contribution < 1.29 is 28.0 Å². The van der Waals surface area contributed by atoms with Crippen molar-refractivity contribution in [1.82, 2.24) is 0 Å². The van der Waals surface area contributed by atoms with E-state index in [4.69, 9.17) is 23.5 Å². The minimum absolute atomic E-state index is 0.0238. The number of ether oxygens (including phenoxy) is 4. The molecule has 20 heavy (non-hydrogen) atoms. The van der Waals surface area contributed by atoms with Gasteiger partial charge in [-0.25, -0.2) is 4.57 Å². The molecule has 1 rings (SSSR count). The molecule has 2 atom stereocenters. The molecular weight excluding hydrogens is 323 g/mol. The van der Waals surface area contributed by atoms with Crippen LogP contribution in [-0.2, 0) is 28.0 Å². The van der Waals surface area contributed by atoms with Crippen LogP contribution in [0.4, 0.5) is 0 Å². The topological polar surface area (TPSA) is 63.2 Å². The highest BCUT2D eigenvalue weighted by Gasteiger charge is 2.28. The van der Waals surface area contributed by atoms with Crippen LogP contribution in [0.15, 0.2) is 0 Å². The molecular formula is C11H21O6PS2. The predicted octanol–water partition coefficient (Wildman–Crippen LogP) is 2.04. The van der Waals surface area contributed by atoms with Crippen LogP contribution in [0.5, 0.6) is 0 Å². The van der Waals surface area contributed by atoms with E-state index < -0.39 is 0 Å². The normalized spacial score (nSPS) is 23.2. The molecule has 1 heterocycles. The Kier molecular flexibility index (Phi) is 12.4.